The molecule has 0 bridgehead atoms. The smallest absolute Gasteiger partial charge is 0.221 e. The molecule has 2 unspecified atom stereocenters. The minimum Gasteiger partial charge on any atom is -0.508 e. The van der Waals surface area contributed by atoms with Crippen LogP contribution in [0.3, 0.4) is 0 Å². The molecule has 9 heteroatoms. The predicted molar refractivity (Wildman–Crippen MR) is 73.0 cm³/mol. The van der Waals surface area contributed by atoms with E-state index in [0.29, 0.717) is 13.2 Å². The van der Waals surface area contributed by atoms with Gasteiger partial charge in [-0.2, -0.15) is 0 Å². The fourth-order valence-electron chi connectivity index (χ4n) is 1.37. The van der Waals surface area contributed by atoms with Crippen LogP contribution < -0.4 is 11.1 Å². The lowest BCUT2D eigenvalue weighted by Gasteiger charge is -2.20. The van der Waals surface area contributed by atoms with Crippen molar-refractivity contribution in [1.29, 1.82) is 0 Å². The lowest BCUT2D eigenvalue weighted by atomic mass is 10.2. The second-order valence-corrected chi connectivity index (χ2v) is 4.13. The molecule has 0 fully saturated rings. The molecule has 1 amide bonds. The van der Waals surface area contributed by atoms with Gasteiger partial charge in [0.2, 0.25) is 5.91 Å². The van der Waals surface area contributed by atoms with Gasteiger partial charge in [-0.1, -0.05) is 0 Å². The van der Waals surface area contributed by atoms with E-state index in [1.807, 2.05) is 0 Å². The van der Waals surface area contributed by atoms with Crippen molar-refractivity contribution in [2.24, 2.45) is 5.73 Å². The molecule has 0 spiro atoms. The van der Waals surface area contributed by atoms with E-state index in [1.54, 1.807) is 0 Å². The third-order valence-electron chi connectivity index (χ3n) is 2.32. The van der Waals surface area contributed by atoms with Crippen LogP contribution in [0.25, 0.3) is 0 Å². The molecule has 9 nitrogen and oxygen atoms in total. The zero-order valence-corrected chi connectivity index (χ0v) is 12.0. The van der Waals surface area contributed by atoms with E-state index < -0.39 is 24.1 Å². The van der Waals surface area contributed by atoms with E-state index in [2.05, 4.69) is 5.32 Å². The molecule has 21 heavy (non-hydrogen) atoms. The molecule has 7 N–H and O–H groups in total. The first-order chi connectivity index (χ1) is 9.93. The number of hydrogen-bond donors (Lipinski definition) is 6. The quantitative estimate of drug-likeness (QED) is 0.145. The highest BCUT2D eigenvalue weighted by molar-refractivity contribution is 5.75. The highest BCUT2D eigenvalue weighted by Crippen LogP contribution is 2.12. The number of nitrogens with two attached hydrogens (primary N) is 1. The Bertz CT molecular complexity index is 336. The molecule has 0 aromatic rings. The number of ether oxygens (including phenoxy) is 2. The molecule has 124 valence electrons. The van der Waals surface area contributed by atoms with Crippen LogP contribution in [0.1, 0.15) is 13.3 Å². The van der Waals surface area contributed by atoms with Crippen LogP contribution in [0, 0.1) is 0 Å². The van der Waals surface area contributed by atoms with Crippen molar-refractivity contribution in [2.75, 3.05) is 33.0 Å². The summed E-state index contributed by atoms with van der Waals surface area (Å²) in [5, 5.41) is 40.0. The first kappa shape index (κ1) is 19.8. The average Bonchev–Trinajstić information content (AvgIpc) is 2.43. The fraction of sp³-hybridized carbons (Fsp3) is 0.750. The Hall–Kier alpha value is -1.23. The molecule has 0 rings (SSSR count). The normalized spacial score (nSPS) is 15.3. The predicted octanol–water partition coefficient (Wildman–Crippen LogP) is -2.05. The third kappa shape index (κ3) is 8.60. The number of aliphatic hydroxyl groups excluding tert-OH is 4. The molecule has 0 aliphatic heterocycles. The molecule has 0 aliphatic rings. The summed E-state index contributed by atoms with van der Waals surface area (Å²) in [6.07, 6.45) is -3.23. The molecule has 0 saturated heterocycles. The van der Waals surface area contributed by atoms with Crippen LogP contribution in [0.2, 0.25) is 0 Å². The average molecular weight is 308 g/mol. The molecule has 0 heterocycles. The Kier molecular flexibility index (Phi) is 10.8. The monoisotopic (exact) mass is 308 g/mol. The summed E-state index contributed by atoms with van der Waals surface area (Å²) >= 11 is 0. The van der Waals surface area contributed by atoms with E-state index in [0.717, 1.165) is 0 Å². The van der Waals surface area contributed by atoms with Crippen molar-refractivity contribution in [1.82, 2.24) is 5.32 Å². The van der Waals surface area contributed by atoms with Crippen molar-refractivity contribution in [3.8, 4) is 0 Å². The van der Waals surface area contributed by atoms with Gasteiger partial charge in [0.1, 0.15) is 17.6 Å². The molecular weight excluding hydrogens is 284 g/mol. The first-order valence-corrected chi connectivity index (χ1v) is 6.51. The standard InChI is InChI=1S/C12H24N2O7/c1-8(16)14-10(11(18)9(17)2-4-15)12(19)21-7-6-20-5-3-13/h9,12,15,17-19H,2-7,13H2,1H3,(H,14,16)/b11-10+. The summed E-state index contributed by atoms with van der Waals surface area (Å²) in [7, 11) is 0. The van der Waals surface area contributed by atoms with Crippen LogP contribution in [-0.2, 0) is 14.3 Å². The van der Waals surface area contributed by atoms with Crippen molar-refractivity contribution in [3.63, 3.8) is 0 Å². The Morgan fingerprint density at radius 1 is 1.29 bits per heavy atom. The number of carbonyl (C=O) groups excluding carboxylic acids is 1. The Morgan fingerprint density at radius 3 is 2.48 bits per heavy atom. The minimum absolute atomic E-state index is 0.00632. The number of nitrogens with one attached hydrogen (secondary N) is 1. The van der Waals surface area contributed by atoms with Crippen LogP contribution in [0.4, 0.5) is 0 Å². The SMILES string of the molecule is CC(=O)N/C(=C(/O)C(O)CCO)C(O)OCCOCCN. The number of amides is 1. The first-order valence-electron chi connectivity index (χ1n) is 6.51. The maximum absolute atomic E-state index is 11.1. The highest BCUT2D eigenvalue weighted by Gasteiger charge is 2.22. The summed E-state index contributed by atoms with van der Waals surface area (Å²) in [6.45, 7) is 1.66. The molecule has 0 aromatic heterocycles. The maximum Gasteiger partial charge on any atom is 0.221 e. The lowest BCUT2D eigenvalue weighted by Crippen LogP contribution is -2.34. The number of rotatable bonds is 11. The second kappa shape index (κ2) is 11.4. The maximum atomic E-state index is 11.1. The summed E-state index contributed by atoms with van der Waals surface area (Å²) in [6, 6.07) is 0. The molecule has 2 atom stereocenters. The fourth-order valence-corrected chi connectivity index (χ4v) is 1.37. The van der Waals surface area contributed by atoms with Gasteiger partial charge in [-0.25, -0.2) is 0 Å². The zero-order chi connectivity index (χ0) is 16.3. The van der Waals surface area contributed by atoms with Gasteiger partial charge in [0.05, 0.1) is 19.8 Å². The molecule has 0 radical (unpaired) electrons. The number of carbonyl (C=O) groups is 1. The zero-order valence-electron chi connectivity index (χ0n) is 12.0. The Balaban J connectivity index is 4.65. The Labute approximate surface area is 123 Å². The Morgan fingerprint density at radius 2 is 1.95 bits per heavy atom. The van der Waals surface area contributed by atoms with Gasteiger partial charge < -0.3 is 41.0 Å². The number of aliphatic hydroxyl groups is 4. The van der Waals surface area contributed by atoms with E-state index in [4.69, 9.17) is 20.3 Å². The van der Waals surface area contributed by atoms with E-state index in [9.17, 15) is 20.1 Å². The van der Waals surface area contributed by atoms with Gasteiger partial charge in [-0.15, -0.1) is 0 Å². The summed E-state index contributed by atoms with van der Waals surface area (Å²) in [4.78, 5) is 11.1. The summed E-state index contributed by atoms with van der Waals surface area (Å²) in [5.74, 6) is -1.23. The van der Waals surface area contributed by atoms with E-state index in [-0.39, 0.29) is 31.9 Å². The van der Waals surface area contributed by atoms with Crippen LogP contribution in [0.5, 0.6) is 0 Å². The molecular formula is C12H24N2O7. The minimum atomic E-state index is -1.65. The van der Waals surface area contributed by atoms with Crippen LogP contribution in [0.15, 0.2) is 11.5 Å². The molecule has 0 aliphatic carbocycles. The lowest BCUT2D eigenvalue weighted by molar-refractivity contribution is -0.122. The van der Waals surface area contributed by atoms with Crippen molar-refractivity contribution in [3.05, 3.63) is 11.5 Å². The van der Waals surface area contributed by atoms with Gasteiger partial charge in [0.25, 0.3) is 0 Å². The summed E-state index contributed by atoms with van der Waals surface area (Å²) in [5.41, 5.74) is 4.85. The summed E-state index contributed by atoms with van der Waals surface area (Å²) < 4.78 is 10.0. The van der Waals surface area contributed by atoms with Gasteiger partial charge in [0.15, 0.2) is 6.29 Å². The topological polar surface area (TPSA) is 155 Å². The van der Waals surface area contributed by atoms with Crippen molar-refractivity contribution in [2.45, 2.75) is 25.7 Å². The number of hydrogen-bond acceptors (Lipinski definition) is 8. The van der Waals surface area contributed by atoms with Gasteiger partial charge in [-0.3, -0.25) is 4.79 Å². The molecule has 0 saturated carbocycles. The molecule has 0 aromatic carbocycles. The van der Waals surface area contributed by atoms with Gasteiger partial charge in [-0.05, 0) is 0 Å². The second-order valence-electron chi connectivity index (χ2n) is 4.13. The highest BCUT2D eigenvalue weighted by atomic mass is 16.6. The van der Waals surface area contributed by atoms with Crippen molar-refractivity contribution < 1.29 is 34.7 Å². The van der Waals surface area contributed by atoms with E-state index in [1.165, 1.54) is 6.92 Å². The third-order valence-corrected chi connectivity index (χ3v) is 2.32. The largest absolute Gasteiger partial charge is 0.508 e. The van der Waals surface area contributed by atoms with Crippen LogP contribution >= 0.6 is 0 Å². The van der Waals surface area contributed by atoms with E-state index >= 15 is 0 Å². The van der Waals surface area contributed by atoms with Crippen molar-refractivity contribution >= 4 is 5.91 Å². The van der Waals surface area contributed by atoms with Gasteiger partial charge >= 0.3 is 0 Å². The van der Waals surface area contributed by atoms with Gasteiger partial charge in [0, 0.05) is 26.5 Å². The van der Waals surface area contributed by atoms with Crippen LogP contribution in [-0.4, -0.2) is 71.7 Å².